The maximum Gasteiger partial charge on any atom is 0.212 e. The average Bonchev–Trinajstić information content (AvgIpc) is 3.84. The molecule has 0 aliphatic heterocycles. The summed E-state index contributed by atoms with van der Waals surface area (Å²) >= 11 is 2.69. The number of alkyl halides is 2. The number of rotatable bonds is 2. The third-order valence-corrected chi connectivity index (χ3v) is 12.8. The van der Waals surface area contributed by atoms with E-state index in [4.69, 9.17) is 4.99 Å². The zero-order valence-corrected chi connectivity index (χ0v) is 27.2. The van der Waals surface area contributed by atoms with Crippen molar-refractivity contribution in [3.8, 4) is 21.9 Å². The van der Waals surface area contributed by atoms with Crippen LogP contribution in [-0.4, -0.2) is 41.1 Å². The summed E-state index contributed by atoms with van der Waals surface area (Å²) in [4.78, 5) is 51.0. The van der Waals surface area contributed by atoms with Crippen molar-refractivity contribution < 1.29 is 27.6 Å². The molecule has 12 heteroatoms. The number of hydrogen-bond donors (Lipinski definition) is 0. The van der Waals surface area contributed by atoms with Gasteiger partial charge in [0.2, 0.25) is 5.78 Å². The lowest BCUT2D eigenvalue weighted by molar-refractivity contribution is -0.123. The van der Waals surface area contributed by atoms with E-state index in [1.165, 1.54) is 28.7 Å². The monoisotopic (exact) mass is 682 g/mol. The normalized spacial score (nSPS) is 26.0. The fourth-order valence-corrected chi connectivity index (χ4v) is 10.6. The molecule has 2 aromatic heterocycles. The maximum absolute atomic E-state index is 14.5. The number of aliphatic imine (C=N–C) groups is 2. The number of fused-ring (bicyclic) bond motifs is 7. The number of carbonyl (C=O) groups is 3. The molecule has 48 heavy (non-hydrogen) atoms. The van der Waals surface area contributed by atoms with Crippen LogP contribution in [0.3, 0.4) is 0 Å². The van der Waals surface area contributed by atoms with Crippen molar-refractivity contribution in [1.82, 2.24) is 0 Å². The van der Waals surface area contributed by atoms with Crippen molar-refractivity contribution >= 4 is 67.0 Å². The van der Waals surface area contributed by atoms with E-state index < -0.39 is 47.3 Å². The number of nitriles is 2. The zero-order valence-electron chi connectivity index (χ0n) is 25.5. The molecule has 0 bridgehead atoms. The number of aryl methyl sites for hydroxylation is 1. The van der Waals surface area contributed by atoms with Crippen molar-refractivity contribution in [2.24, 2.45) is 21.8 Å². The topological polar surface area (TPSA) is 124 Å². The predicted molar refractivity (Wildman–Crippen MR) is 175 cm³/mol. The summed E-state index contributed by atoms with van der Waals surface area (Å²) < 4.78 is 42.8. The first-order chi connectivity index (χ1) is 23.1. The van der Waals surface area contributed by atoms with Crippen LogP contribution >= 0.6 is 22.7 Å². The van der Waals surface area contributed by atoms with E-state index in [9.17, 15) is 38.1 Å². The number of nitrogens with zero attached hydrogens (tertiary/aromatic N) is 4. The summed E-state index contributed by atoms with van der Waals surface area (Å²) in [6.45, 7) is 1.54. The van der Waals surface area contributed by atoms with Crippen LogP contribution in [0.25, 0.3) is 15.3 Å². The molecule has 0 saturated heterocycles. The maximum atomic E-state index is 14.5. The molecule has 5 aliphatic rings. The molecule has 3 fully saturated rings. The Hall–Kier alpha value is -4.52. The highest BCUT2D eigenvalue weighted by Crippen LogP contribution is 2.63. The Kier molecular flexibility index (Phi) is 7.06. The van der Waals surface area contributed by atoms with Gasteiger partial charge in [0.15, 0.2) is 17.3 Å². The molecule has 2 heterocycles. The molecule has 0 N–H and O–H groups in total. The van der Waals surface area contributed by atoms with Gasteiger partial charge in [0, 0.05) is 28.4 Å². The Morgan fingerprint density at radius 1 is 0.812 bits per heavy atom. The van der Waals surface area contributed by atoms with Crippen LogP contribution in [-0.2, 0) is 15.0 Å². The van der Waals surface area contributed by atoms with Crippen LogP contribution < -0.4 is 0 Å². The highest BCUT2D eigenvalue weighted by atomic mass is 32.1. The smallest absolute Gasteiger partial charge is 0.212 e. The van der Waals surface area contributed by atoms with Crippen molar-refractivity contribution in [3.05, 3.63) is 63.5 Å². The molecular weight excluding hydrogens is 658 g/mol. The van der Waals surface area contributed by atoms with Crippen LogP contribution in [0.15, 0.2) is 39.8 Å². The summed E-state index contributed by atoms with van der Waals surface area (Å²) in [5.74, 6) is -3.95. The van der Waals surface area contributed by atoms with Crippen molar-refractivity contribution in [3.63, 3.8) is 0 Å². The summed E-state index contributed by atoms with van der Waals surface area (Å²) in [6.07, 6.45) is 0.566. The van der Waals surface area contributed by atoms with Crippen molar-refractivity contribution in [2.45, 2.75) is 69.6 Å². The first-order valence-electron chi connectivity index (χ1n) is 15.8. The molecule has 3 aromatic rings. The number of halogens is 3. The zero-order chi connectivity index (χ0) is 33.6. The Morgan fingerprint density at radius 3 is 1.90 bits per heavy atom. The van der Waals surface area contributed by atoms with Crippen molar-refractivity contribution in [2.75, 3.05) is 0 Å². The third-order valence-electron chi connectivity index (χ3n) is 10.5. The van der Waals surface area contributed by atoms with Gasteiger partial charge < -0.3 is 0 Å². The summed E-state index contributed by atoms with van der Waals surface area (Å²) in [5, 5.41) is 20.4. The first-order valence-corrected chi connectivity index (χ1v) is 17.4. The second-order valence-electron chi connectivity index (χ2n) is 13.1. The van der Waals surface area contributed by atoms with Gasteiger partial charge in [0.25, 0.3) is 0 Å². The number of ketones is 3. The molecule has 4 unspecified atom stereocenters. The van der Waals surface area contributed by atoms with Gasteiger partial charge in [-0.25, -0.2) is 23.2 Å². The molecule has 8 rings (SSSR count). The highest BCUT2D eigenvalue weighted by molar-refractivity contribution is 7.26. The molecule has 240 valence electrons. The lowest BCUT2D eigenvalue weighted by Crippen LogP contribution is -2.35. The molecule has 4 atom stereocenters. The molecule has 1 aromatic carbocycles. The lowest BCUT2D eigenvalue weighted by Gasteiger charge is -2.34. The van der Waals surface area contributed by atoms with Gasteiger partial charge in [-0.05, 0) is 79.1 Å². The molecule has 0 radical (unpaired) electrons. The molecule has 7 nitrogen and oxygen atoms in total. The number of thiophene rings is 2. The van der Waals surface area contributed by atoms with Gasteiger partial charge in [0.05, 0.1) is 9.75 Å². The van der Waals surface area contributed by atoms with Gasteiger partial charge in [-0.3, -0.25) is 14.4 Å². The fraction of sp³-hybridized carbons (Fsp3) is 0.361. The number of allylic oxidation sites excluding steroid dienone is 2. The quantitative estimate of drug-likeness (QED) is 0.252. The minimum Gasteiger partial charge on any atom is -0.292 e. The van der Waals surface area contributed by atoms with Gasteiger partial charge in [0.1, 0.15) is 51.6 Å². The molecule has 1 spiro atoms. The Morgan fingerprint density at radius 2 is 1.35 bits per heavy atom. The standard InChI is InChI=1S/C36H25F3N4O3S2/c1-15-7-17-18(8-23(15)37)31(44)29(28(17)16(13-40)14-41)42-26-11-21-34(47-26)35-22(36(21)5-3-2-4-6-36)12-27(48-35)43-30-32(45)19-9-24(38)25(39)10-20(19)33(30)46/h7-8,11-12,19-20,24-25H,2-6,9-10H2,1H3. The highest BCUT2D eigenvalue weighted by Gasteiger charge is 2.53. The Bertz CT molecular complexity index is 2140. The second kappa shape index (κ2) is 11.0. The average molecular weight is 683 g/mol. The van der Waals surface area contributed by atoms with E-state index in [-0.39, 0.29) is 52.0 Å². The minimum absolute atomic E-state index is 0.0481. The molecular formula is C36H25F3N4O3S2. The summed E-state index contributed by atoms with van der Waals surface area (Å²) in [6, 6.07) is 10.2. The summed E-state index contributed by atoms with van der Waals surface area (Å²) in [5.41, 5.74) is 1.85. The van der Waals surface area contributed by atoms with Crippen LogP contribution in [0, 0.1) is 47.2 Å². The lowest BCUT2D eigenvalue weighted by atomic mass is 9.68. The van der Waals surface area contributed by atoms with Gasteiger partial charge in [-0.15, -0.1) is 22.7 Å². The summed E-state index contributed by atoms with van der Waals surface area (Å²) in [7, 11) is 0. The van der Waals surface area contributed by atoms with Crippen molar-refractivity contribution in [1.29, 1.82) is 10.5 Å². The van der Waals surface area contributed by atoms with E-state index in [1.54, 1.807) is 6.92 Å². The number of benzene rings is 1. The number of carbonyl (C=O) groups excluding carboxylic acids is 3. The molecule has 3 saturated carbocycles. The second-order valence-corrected chi connectivity index (χ2v) is 15.2. The first kappa shape index (κ1) is 30.8. The molecule has 0 amide bonds. The van der Waals surface area contributed by atoms with E-state index in [0.29, 0.717) is 15.6 Å². The van der Waals surface area contributed by atoms with Gasteiger partial charge >= 0.3 is 0 Å². The predicted octanol–water partition coefficient (Wildman–Crippen LogP) is 8.18. The third kappa shape index (κ3) is 4.32. The minimum atomic E-state index is -1.77. The largest absolute Gasteiger partial charge is 0.292 e. The van der Waals surface area contributed by atoms with E-state index in [1.807, 2.05) is 24.3 Å². The number of Topliss-reactive ketones (excluding diaryl/α,β-unsaturated/α-hetero) is 3. The van der Waals surface area contributed by atoms with E-state index >= 15 is 0 Å². The SMILES string of the molecule is Cc1cc2c(cc1F)C(=O)C(=Nc1cc3c(s1)-c1sc(N=C4C(=O)C5CC(F)C(F)CC5C4=O)cc1C31CCCCC1)C2=C(C#N)C#N. The number of hydrogen-bond acceptors (Lipinski definition) is 9. The Balaban J connectivity index is 1.22. The van der Waals surface area contributed by atoms with E-state index in [0.717, 1.165) is 59.1 Å². The fourth-order valence-electron chi connectivity index (χ4n) is 8.19. The van der Waals surface area contributed by atoms with Crippen LogP contribution in [0.5, 0.6) is 0 Å². The molecule has 5 aliphatic carbocycles. The Labute approximate surface area is 281 Å². The van der Waals surface area contributed by atoms with E-state index in [2.05, 4.69) is 4.99 Å². The van der Waals surface area contributed by atoms with Gasteiger partial charge in [-0.2, -0.15) is 10.5 Å². The van der Waals surface area contributed by atoms with Crippen LogP contribution in [0.2, 0.25) is 0 Å². The van der Waals surface area contributed by atoms with Crippen LogP contribution in [0.4, 0.5) is 23.2 Å². The van der Waals surface area contributed by atoms with Crippen LogP contribution in [0.1, 0.15) is 77.6 Å². The van der Waals surface area contributed by atoms with Gasteiger partial charge in [-0.1, -0.05) is 19.3 Å².